The lowest BCUT2D eigenvalue weighted by molar-refractivity contribution is 0.111. The molecule has 0 amide bonds. The number of aromatic amines is 1. The van der Waals surface area contributed by atoms with E-state index in [0.717, 1.165) is 37.7 Å². The molecule has 1 aromatic carbocycles. The molecular weight excluding hydrogens is 248 g/mol. The standard InChI is InChI=1S/C12H14N4OS/c18-12-14-13-11(10-4-2-1-3-5-10)16(12)15-6-8-17-9-7-15/h1-5H,6-9H2,(H,14,18). The number of nitrogens with zero attached hydrogens (tertiary/aromatic N) is 3. The summed E-state index contributed by atoms with van der Waals surface area (Å²) in [7, 11) is 0. The van der Waals surface area contributed by atoms with Crippen molar-refractivity contribution in [3.63, 3.8) is 0 Å². The molecule has 0 aliphatic carbocycles. The summed E-state index contributed by atoms with van der Waals surface area (Å²) in [5.74, 6) is 0.850. The SMILES string of the molecule is S=c1[nH]nc(-c2ccccc2)n1N1CCOCC1. The fourth-order valence-electron chi connectivity index (χ4n) is 2.08. The number of rotatable bonds is 2. The maximum atomic E-state index is 5.36. The van der Waals surface area contributed by atoms with Gasteiger partial charge in [0.1, 0.15) is 0 Å². The number of morpholine rings is 1. The summed E-state index contributed by atoms with van der Waals surface area (Å²) >= 11 is 5.32. The van der Waals surface area contributed by atoms with E-state index in [1.165, 1.54) is 0 Å². The second kappa shape index (κ2) is 4.91. The molecule has 18 heavy (non-hydrogen) atoms. The minimum absolute atomic E-state index is 0.621. The highest BCUT2D eigenvalue weighted by Gasteiger charge is 2.17. The summed E-state index contributed by atoms with van der Waals surface area (Å²) < 4.78 is 7.95. The van der Waals surface area contributed by atoms with Gasteiger partial charge >= 0.3 is 0 Å². The predicted octanol–water partition coefficient (Wildman–Crippen LogP) is 1.58. The lowest BCUT2D eigenvalue weighted by Crippen LogP contribution is -2.44. The van der Waals surface area contributed by atoms with Gasteiger partial charge in [-0.25, -0.2) is 9.77 Å². The third-order valence-corrected chi connectivity index (χ3v) is 3.22. The van der Waals surface area contributed by atoms with Crippen molar-refractivity contribution >= 4 is 12.2 Å². The Labute approximate surface area is 110 Å². The van der Waals surface area contributed by atoms with Crippen LogP contribution >= 0.6 is 12.2 Å². The van der Waals surface area contributed by atoms with Crippen molar-refractivity contribution < 1.29 is 4.74 Å². The highest BCUT2D eigenvalue weighted by molar-refractivity contribution is 7.71. The first kappa shape index (κ1) is 11.4. The molecule has 1 aliphatic rings. The molecule has 1 fully saturated rings. The molecule has 0 atom stereocenters. The molecule has 0 bridgehead atoms. The van der Waals surface area contributed by atoms with Gasteiger partial charge in [0.05, 0.1) is 26.3 Å². The van der Waals surface area contributed by atoms with E-state index in [9.17, 15) is 0 Å². The fourth-order valence-corrected chi connectivity index (χ4v) is 2.33. The van der Waals surface area contributed by atoms with Gasteiger partial charge < -0.3 is 9.75 Å². The quantitative estimate of drug-likeness (QED) is 0.835. The molecule has 1 aromatic heterocycles. The summed E-state index contributed by atoms with van der Waals surface area (Å²) in [4.78, 5) is 0. The van der Waals surface area contributed by atoms with Gasteiger partial charge in [-0.1, -0.05) is 30.3 Å². The average Bonchev–Trinajstić information content (AvgIpc) is 2.83. The Kier molecular flexibility index (Phi) is 3.12. The monoisotopic (exact) mass is 262 g/mol. The Hall–Kier alpha value is -1.66. The molecular formula is C12H14N4OS. The van der Waals surface area contributed by atoms with Crippen LogP contribution in [0.1, 0.15) is 0 Å². The minimum Gasteiger partial charge on any atom is -0.378 e. The number of H-pyrrole nitrogens is 1. The van der Waals surface area contributed by atoms with E-state index in [1.54, 1.807) is 0 Å². The fraction of sp³-hybridized carbons (Fsp3) is 0.333. The minimum atomic E-state index is 0.621. The van der Waals surface area contributed by atoms with E-state index in [0.29, 0.717) is 4.77 Å². The summed E-state index contributed by atoms with van der Waals surface area (Å²) in [6, 6.07) is 10.0. The first-order valence-corrected chi connectivity index (χ1v) is 6.33. The molecule has 1 saturated heterocycles. The van der Waals surface area contributed by atoms with Crippen LogP contribution in [0.3, 0.4) is 0 Å². The van der Waals surface area contributed by atoms with Gasteiger partial charge in [-0.05, 0) is 12.2 Å². The number of aromatic nitrogens is 3. The van der Waals surface area contributed by atoms with Crippen LogP contribution < -0.4 is 5.01 Å². The molecule has 5 nitrogen and oxygen atoms in total. The Morgan fingerprint density at radius 1 is 1.17 bits per heavy atom. The van der Waals surface area contributed by atoms with Gasteiger partial charge in [0.2, 0.25) is 4.77 Å². The molecule has 0 saturated carbocycles. The van der Waals surface area contributed by atoms with E-state index >= 15 is 0 Å². The highest BCUT2D eigenvalue weighted by Crippen LogP contribution is 2.17. The van der Waals surface area contributed by atoms with Gasteiger partial charge in [0.25, 0.3) is 0 Å². The Morgan fingerprint density at radius 2 is 1.89 bits per heavy atom. The molecule has 1 N–H and O–H groups in total. The van der Waals surface area contributed by atoms with Crippen LogP contribution in [0, 0.1) is 4.77 Å². The zero-order chi connectivity index (χ0) is 12.4. The average molecular weight is 262 g/mol. The smallest absolute Gasteiger partial charge is 0.214 e. The molecule has 2 aromatic rings. The maximum Gasteiger partial charge on any atom is 0.214 e. The second-order valence-electron chi connectivity index (χ2n) is 4.10. The molecule has 1 aliphatic heterocycles. The Bertz CT molecular complexity index is 571. The number of ether oxygens (including phenoxy) is 1. The van der Waals surface area contributed by atoms with Crippen molar-refractivity contribution in [1.29, 1.82) is 0 Å². The molecule has 0 unspecified atom stereocenters. The second-order valence-corrected chi connectivity index (χ2v) is 4.48. The van der Waals surface area contributed by atoms with E-state index in [-0.39, 0.29) is 0 Å². The van der Waals surface area contributed by atoms with Gasteiger partial charge in [0, 0.05) is 5.56 Å². The van der Waals surface area contributed by atoms with E-state index in [4.69, 9.17) is 17.0 Å². The van der Waals surface area contributed by atoms with Crippen molar-refractivity contribution in [3.05, 3.63) is 35.1 Å². The first-order valence-electron chi connectivity index (χ1n) is 5.92. The molecule has 0 spiro atoms. The lowest BCUT2D eigenvalue weighted by atomic mass is 10.2. The van der Waals surface area contributed by atoms with Crippen molar-refractivity contribution in [2.24, 2.45) is 0 Å². The topological polar surface area (TPSA) is 46.1 Å². The molecule has 94 valence electrons. The van der Waals surface area contributed by atoms with Crippen LogP contribution in [0.25, 0.3) is 11.4 Å². The van der Waals surface area contributed by atoms with E-state index < -0.39 is 0 Å². The van der Waals surface area contributed by atoms with Crippen LogP contribution in [0.2, 0.25) is 0 Å². The van der Waals surface area contributed by atoms with Crippen LogP contribution in [0.5, 0.6) is 0 Å². The Morgan fingerprint density at radius 3 is 2.61 bits per heavy atom. The van der Waals surface area contributed by atoms with Crippen LogP contribution in [0.15, 0.2) is 30.3 Å². The van der Waals surface area contributed by atoms with Crippen molar-refractivity contribution in [1.82, 2.24) is 14.9 Å². The van der Waals surface area contributed by atoms with Crippen LogP contribution in [-0.4, -0.2) is 41.2 Å². The zero-order valence-corrected chi connectivity index (χ0v) is 10.7. The van der Waals surface area contributed by atoms with Gasteiger partial charge in [-0.15, -0.1) is 0 Å². The van der Waals surface area contributed by atoms with Crippen LogP contribution in [-0.2, 0) is 4.74 Å². The number of hydrogen-bond acceptors (Lipinski definition) is 4. The van der Waals surface area contributed by atoms with Gasteiger partial charge in [-0.3, -0.25) is 0 Å². The largest absolute Gasteiger partial charge is 0.378 e. The normalized spacial score (nSPS) is 15.9. The predicted molar refractivity (Wildman–Crippen MR) is 71.6 cm³/mol. The van der Waals surface area contributed by atoms with E-state index in [1.807, 2.05) is 35.0 Å². The van der Waals surface area contributed by atoms with Crippen molar-refractivity contribution in [2.45, 2.75) is 0 Å². The summed E-state index contributed by atoms with van der Waals surface area (Å²) in [5, 5.41) is 9.36. The summed E-state index contributed by atoms with van der Waals surface area (Å²) in [6.07, 6.45) is 0. The highest BCUT2D eigenvalue weighted by atomic mass is 32.1. The number of nitrogens with one attached hydrogen (secondary N) is 1. The summed E-state index contributed by atoms with van der Waals surface area (Å²) in [5.41, 5.74) is 1.05. The lowest BCUT2D eigenvalue weighted by Gasteiger charge is -2.30. The van der Waals surface area contributed by atoms with E-state index in [2.05, 4.69) is 15.2 Å². The molecule has 2 heterocycles. The van der Waals surface area contributed by atoms with Crippen molar-refractivity contribution in [2.75, 3.05) is 31.3 Å². The molecule has 3 rings (SSSR count). The van der Waals surface area contributed by atoms with Crippen molar-refractivity contribution in [3.8, 4) is 11.4 Å². The van der Waals surface area contributed by atoms with Gasteiger partial charge in [0.15, 0.2) is 5.82 Å². The molecule has 0 radical (unpaired) electrons. The van der Waals surface area contributed by atoms with Crippen LogP contribution in [0.4, 0.5) is 0 Å². The summed E-state index contributed by atoms with van der Waals surface area (Å²) in [6.45, 7) is 3.10. The Balaban J connectivity index is 2.03. The first-order chi connectivity index (χ1) is 8.86. The third-order valence-electron chi connectivity index (χ3n) is 2.95. The third kappa shape index (κ3) is 2.04. The maximum absolute atomic E-state index is 5.36. The zero-order valence-electron chi connectivity index (χ0n) is 9.87. The molecule has 6 heteroatoms. The number of benzene rings is 1. The number of hydrogen-bond donors (Lipinski definition) is 1. The van der Waals surface area contributed by atoms with Gasteiger partial charge in [-0.2, -0.15) is 5.10 Å².